The molecule has 4 heteroatoms. The monoisotopic (exact) mass is 273 g/mol. The molecular weight excluding hydrogens is 248 g/mol. The van der Waals surface area contributed by atoms with Gasteiger partial charge in [-0.15, -0.1) is 0 Å². The number of piperazine rings is 1. The molecule has 20 heavy (non-hydrogen) atoms. The van der Waals surface area contributed by atoms with Crippen LogP contribution >= 0.6 is 0 Å². The van der Waals surface area contributed by atoms with Crippen LogP contribution in [0, 0.1) is 6.07 Å². The Kier molecular flexibility index (Phi) is 4.43. The third kappa shape index (κ3) is 3.44. The second-order valence-electron chi connectivity index (χ2n) is 5.92. The average Bonchev–Trinajstić information content (AvgIpc) is 2.49. The first-order chi connectivity index (χ1) is 9.81. The van der Waals surface area contributed by atoms with E-state index in [0.29, 0.717) is 6.04 Å². The van der Waals surface area contributed by atoms with Gasteiger partial charge in [0.1, 0.15) is 0 Å². The Hall–Kier alpha value is -1.26. The smallest absolute Gasteiger partial charge is 0.0443 e. The number of nitrogens with zero attached hydrogens (tertiary/aromatic N) is 2. The Morgan fingerprint density at radius 1 is 1.20 bits per heavy atom. The molecule has 1 aromatic carbocycles. The van der Waals surface area contributed by atoms with Gasteiger partial charge in [-0.3, -0.25) is 0 Å². The van der Waals surface area contributed by atoms with Crippen LogP contribution in [-0.2, 0) is 0 Å². The second-order valence-corrected chi connectivity index (χ2v) is 5.92. The van der Waals surface area contributed by atoms with Crippen molar-refractivity contribution in [2.75, 3.05) is 56.5 Å². The van der Waals surface area contributed by atoms with E-state index in [0.717, 1.165) is 45.0 Å². The predicted molar refractivity (Wildman–Crippen MR) is 84.5 cm³/mol. The summed E-state index contributed by atoms with van der Waals surface area (Å²) in [5, 5.41) is 7.04. The summed E-state index contributed by atoms with van der Waals surface area (Å²) in [5.74, 6) is 0. The Bertz CT molecular complexity index is 420. The van der Waals surface area contributed by atoms with Crippen molar-refractivity contribution in [1.82, 2.24) is 10.2 Å². The lowest BCUT2D eigenvalue weighted by Crippen LogP contribution is -2.44. The van der Waals surface area contributed by atoms with Gasteiger partial charge in [-0.05, 0) is 45.1 Å². The highest BCUT2D eigenvalue weighted by molar-refractivity contribution is 5.58. The number of hydrogen-bond donors (Lipinski definition) is 2. The first-order valence-electron chi connectivity index (χ1n) is 7.74. The van der Waals surface area contributed by atoms with E-state index in [2.05, 4.69) is 51.7 Å². The Labute approximate surface area is 122 Å². The van der Waals surface area contributed by atoms with Gasteiger partial charge in [-0.2, -0.15) is 0 Å². The maximum absolute atomic E-state index is 3.64. The molecule has 2 N–H and O–H groups in total. The number of hydrogen-bond acceptors (Lipinski definition) is 4. The predicted octanol–water partition coefficient (Wildman–Crippen LogP) is 1.40. The van der Waals surface area contributed by atoms with Gasteiger partial charge in [-0.1, -0.05) is 6.07 Å². The highest BCUT2D eigenvalue weighted by atomic mass is 15.2. The van der Waals surface area contributed by atoms with Crippen LogP contribution in [0.2, 0.25) is 0 Å². The number of rotatable bonds is 3. The van der Waals surface area contributed by atoms with Crippen molar-refractivity contribution in [2.24, 2.45) is 0 Å². The summed E-state index contributed by atoms with van der Waals surface area (Å²) in [4.78, 5) is 4.86. The van der Waals surface area contributed by atoms with Crippen LogP contribution in [-0.4, -0.2) is 57.3 Å². The molecule has 4 nitrogen and oxygen atoms in total. The van der Waals surface area contributed by atoms with Crippen LogP contribution in [0.15, 0.2) is 18.2 Å². The van der Waals surface area contributed by atoms with Crippen molar-refractivity contribution < 1.29 is 0 Å². The van der Waals surface area contributed by atoms with Crippen LogP contribution < -0.4 is 15.5 Å². The summed E-state index contributed by atoms with van der Waals surface area (Å²) in [5.41, 5.74) is 2.47. The zero-order valence-corrected chi connectivity index (χ0v) is 12.4. The van der Waals surface area contributed by atoms with E-state index in [4.69, 9.17) is 0 Å². The van der Waals surface area contributed by atoms with Gasteiger partial charge >= 0.3 is 0 Å². The molecule has 2 fully saturated rings. The molecule has 3 rings (SSSR count). The molecule has 0 unspecified atom stereocenters. The van der Waals surface area contributed by atoms with Gasteiger partial charge in [-0.25, -0.2) is 0 Å². The Morgan fingerprint density at radius 3 is 2.70 bits per heavy atom. The van der Waals surface area contributed by atoms with Crippen molar-refractivity contribution in [3.63, 3.8) is 0 Å². The Morgan fingerprint density at radius 2 is 1.95 bits per heavy atom. The quantitative estimate of drug-likeness (QED) is 0.871. The lowest BCUT2D eigenvalue weighted by Gasteiger charge is -2.34. The van der Waals surface area contributed by atoms with Gasteiger partial charge in [0.15, 0.2) is 0 Å². The highest BCUT2D eigenvalue weighted by Crippen LogP contribution is 2.22. The third-order valence-corrected chi connectivity index (χ3v) is 4.35. The van der Waals surface area contributed by atoms with Crippen LogP contribution in [0.4, 0.5) is 11.4 Å². The molecule has 1 radical (unpaired) electrons. The lowest BCUT2D eigenvalue weighted by molar-refractivity contribution is 0.313. The zero-order chi connectivity index (χ0) is 13.8. The summed E-state index contributed by atoms with van der Waals surface area (Å²) in [7, 11) is 2.19. The molecule has 0 atom stereocenters. The standard InChI is InChI=1S/C16H25N4/c1-19-9-11-20(12-10-19)16-4-2-3-15(13-16)18-14-5-7-17-8-6-14/h2,4,13-14,17-18H,5-12H2,1H3. The molecule has 0 amide bonds. The minimum atomic E-state index is 0.593. The molecule has 0 bridgehead atoms. The van der Waals surface area contributed by atoms with E-state index >= 15 is 0 Å². The fourth-order valence-corrected chi connectivity index (χ4v) is 2.99. The topological polar surface area (TPSA) is 30.5 Å². The fraction of sp³-hybridized carbons (Fsp3) is 0.625. The summed E-state index contributed by atoms with van der Waals surface area (Å²) >= 11 is 0. The lowest BCUT2D eigenvalue weighted by atomic mass is 10.1. The molecule has 2 aliphatic heterocycles. The van der Waals surface area contributed by atoms with E-state index in [9.17, 15) is 0 Å². The molecule has 2 saturated heterocycles. The Balaban J connectivity index is 1.63. The molecule has 0 aliphatic carbocycles. The molecule has 1 aromatic rings. The van der Waals surface area contributed by atoms with E-state index in [-0.39, 0.29) is 0 Å². The first-order valence-corrected chi connectivity index (χ1v) is 7.74. The van der Waals surface area contributed by atoms with Crippen LogP contribution in [0.5, 0.6) is 0 Å². The summed E-state index contributed by atoms with van der Waals surface area (Å²) in [6.45, 7) is 6.78. The zero-order valence-electron chi connectivity index (χ0n) is 12.4. The van der Waals surface area contributed by atoms with Gasteiger partial charge in [0.05, 0.1) is 0 Å². The van der Waals surface area contributed by atoms with Gasteiger partial charge < -0.3 is 20.4 Å². The molecule has 109 valence electrons. The minimum absolute atomic E-state index is 0.593. The molecular formula is C16H25N4. The minimum Gasteiger partial charge on any atom is -0.382 e. The van der Waals surface area contributed by atoms with E-state index in [1.54, 1.807) is 0 Å². The first kappa shape index (κ1) is 13.7. The van der Waals surface area contributed by atoms with Gasteiger partial charge in [0, 0.05) is 49.7 Å². The normalized spacial score (nSPS) is 21.9. The maximum atomic E-state index is 3.64. The maximum Gasteiger partial charge on any atom is 0.0443 e. The largest absolute Gasteiger partial charge is 0.382 e. The van der Waals surface area contributed by atoms with E-state index in [1.807, 2.05) is 0 Å². The molecule has 0 saturated carbocycles. The van der Waals surface area contributed by atoms with Crippen LogP contribution in [0.3, 0.4) is 0 Å². The number of piperidine rings is 1. The van der Waals surface area contributed by atoms with Crippen molar-refractivity contribution in [2.45, 2.75) is 18.9 Å². The van der Waals surface area contributed by atoms with Crippen molar-refractivity contribution in [3.05, 3.63) is 24.3 Å². The summed E-state index contributed by atoms with van der Waals surface area (Å²) in [6.07, 6.45) is 2.40. The van der Waals surface area contributed by atoms with Crippen LogP contribution in [0.1, 0.15) is 12.8 Å². The highest BCUT2D eigenvalue weighted by Gasteiger charge is 2.16. The third-order valence-electron chi connectivity index (χ3n) is 4.35. The average molecular weight is 273 g/mol. The molecule has 0 aromatic heterocycles. The summed E-state index contributed by atoms with van der Waals surface area (Å²) in [6, 6.07) is 10.4. The van der Waals surface area contributed by atoms with E-state index in [1.165, 1.54) is 18.5 Å². The number of benzene rings is 1. The van der Waals surface area contributed by atoms with Crippen LogP contribution in [0.25, 0.3) is 0 Å². The van der Waals surface area contributed by atoms with Gasteiger partial charge in [0.25, 0.3) is 0 Å². The number of likely N-dealkylation sites (N-methyl/N-ethyl adjacent to an activating group) is 1. The molecule has 2 heterocycles. The van der Waals surface area contributed by atoms with Crippen molar-refractivity contribution in [1.29, 1.82) is 0 Å². The second kappa shape index (κ2) is 6.46. The van der Waals surface area contributed by atoms with Crippen molar-refractivity contribution in [3.8, 4) is 0 Å². The van der Waals surface area contributed by atoms with E-state index < -0.39 is 0 Å². The van der Waals surface area contributed by atoms with Crippen molar-refractivity contribution >= 4 is 11.4 Å². The number of anilines is 2. The molecule has 0 spiro atoms. The summed E-state index contributed by atoms with van der Waals surface area (Å²) < 4.78 is 0. The van der Waals surface area contributed by atoms with Gasteiger partial charge in [0.2, 0.25) is 0 Å². The fourth-order valence-electron chi connectivity index (χ4n) is 2.99. The number of nitrogens with one attached hydrogen (secondary N) is 2. The molecule has 2 aliphatic rings. The SMILES string of the molecule is CN1CCN(c2cc[c]c(NC3CCNCC3)c2)CC1.